The molecule has 0 aliphatic rings. The van der Waals surface area contributed by atoms with Gasteiger partial charge in [-0.2, -0.15) is 0 Å². The van der Waals surface area contributed by atoms with E-state index in [2.05, 4.69) is 5.10 Å². The molecule has 2 rings (SSSR count). The zero-order valence-electron chi connectivity index (χ0n) is 6.49. The van der Waals surface area contributed by atoms with E-state index in [1.54, 1.807) is 17.8 Å². The Kier molecular flexibility index (Phi) is 1.77. The first kappa shape index (κ1) is 7.61. The topological polar surface area (TPSA) is 17.8 Å². The molecule has 0 radical (unpaired) electrons. The first-order valence-electron chi connectivity index (χ1n) is 3.49. The summed E-state index contributed by atoms with van der Waals surface area (Å²) < 4.78 is 12.8. The Bertz CT molecular complexity index is 410. The van der Waals surface area contributed by atoms with Crippen LogP contribution in [0.5, 0.6) is 0 Å². The molecule has 0 unspecified atom stereocenters. The molecule has 12 heavy (non-hydrogen) atoms. The second-order valence-electron chi connectivity index (χ2n) is 2.43. The Hall–Kier alpha value is -1.03. The van der Waals surface area contributed by atoms with E-state index in [-0.39, 0.29) is 0 Å². The molecule has 1 heterocycles. The maximum atomic E-state index is 12.8. The standard InChI is InChI=1S/C8H7FN2S/c1-12-7-2-3-8-6(4-7)5-10-11(8)9/h2-5H,1H3. The molecule has 1 aromatic heterocycles. The minimum absolute atomic E-state index is 0.388. The molecule has 2 aromatic rings. The highest BCUT2D eigenvalue weighted by Gasteiger charge is 2.01. The highest BCUT2D eigenvalue weighted by molar-refractivity contribution is 7.98. The van der Waals surface area contributed by atoms with Gasteiger partial charge >= 0.3 is 0 Å². The van der Waals surface area contributed by atoms with Crippen LogP contribution in [0.15, 0.2) is 29.3 Å². The largest absolute Gasteiger partial charge is 0.150 e. The SMILES string of the molecule is CSc1ccc2c(cnn2F)c1. The summed E-state index contributed by atoms with van der Waals surface area (Å²) in [5, 5.41) is 4.35. The summed E-state index contributed by atoms with van der Waals surface area (Å²) in [6.45, 7) is 0. The number of thioether (sulfide) groups is 1. The average Bonchev–Trinajstić information content (AvgIpc) is 2.47. The Morgan fingerprint density at radius 2 is 2.33 bits per heavy atom. The van der Waals surface area contributed by atoms with Crippen LogP contribution in [-0.2, 0) is 0 Å². The Balaban J connectivity index is 2.69. The molecule has 2 nitrogen and oxygen atoms in total. The number of fused-ring (bicyclic) bond motifs is 1. The maximum absolute atomic E-state index is 12.8. The van der Waals surface area contributed by atoms with Gasteiger partial charge in [0.2, 0.25) is 0 Å². The molecule has 0 aliphatic heterocycles. The van der Waals surface area contributed by atoms with E-state index in [1.165, 1.54) is 6.20 Å². The van der Waals surface area contributed by atoms with Crippen molar-refractivity contribution in [3.05, 3.63) is 24.4 Å². The van der Waals surface area contributed by atoms with E-state index < -0.39 is 0 Å². The normalized spacial score (nSPS) is 10.8. The third-order valence-corrected chi connectivity index (χ3v) is 2.46. The molecule has 0 amide bonds. The van der Waals surface area contributed by atoms with Crippen LogP contribution in [0.4, 0.5) is 4.48 Å². The minimum atomic E-state index is 0.388. The van der Waals surface area contributed by atoms with E-state index >= 15 is 0 Å². The van der Waals surface area contributed by atoms with Gasteiger partial charge in [-0.25, -0.2) is 0 Å². The van der Waals surface area contributed by atoms with E-state index in [0.717, 1.165) is 10.3 Å². The molecule has 0 saturated carbocycles. The molecule has 0 atom stereocenters. The molecule has 1 aromatic carbocycles. The lowest BCUT2D eigenvalue weighted by atomic mass is 10.3. The molecule has 0 fully saturated rings. The summed E-state index contributed by atoms with van der Waals surface area (Å²) in [4.78, 5) is 1.51. The second kappa shape index (κ2) is 2.79. The Labute approximate surface area is 73.3 Å². The van der Waals surface area contributed by atoms with Crippen LogP contribution < -0.4 is 0 Å². The van der Waals surface area contributed by atoms with Gasteiger partial charge in [-0.3, -0.25) is 0 Å². The van der Waals surface area contributed by atoms with Gasteiger partial charge in [-0.05, 0) is 24.5 Å². The summed E-state index contributed by atoms with van der Waals surface area (Å²) in [5.74, 6) is 0. The predicted molar refractivity (Wildman–Crippen MR) is 48.0 cm³/mol. The quantitative estimate of drug-likeness (QED) is 0.630. The van der Waals surface area contributed by atoms with Gasteiger partial charge in [0.25, 0.3) is 0 Å². The van der Waals surface area contributed by atoms with E-state index in [1.807, 2.05) is 18.4 Å². The zero-order valence-corrected chi connectivity index (χ0v) is 7.31. The smallest absolute Gasteiger partial charge is 0.104 e. The van der Waals surface area contributed by atoms with Crippen molar-refractivity contribution in [3.63, 3.8) is 0 Å². The summed E-state index contributed by atoms with van der Waals surface area (Å²) >= 11 is 1.63. The fourth-order valence-electron chi connectivity index (χ4n) is 1.11. The van der Waals surface area contributed by atoms with Gasteiger partial charge in [-0.1, -0.05) is 9.39 Å². The van der Waals surface area contributed by atoms with Crippen molar-refractivity contribution in [1.82, 2.24) is 10.0 Å². The number of benzene rings is 1. The molecule has 0 aliphatic carbocycles. The summed E-state index contributed by atoms with van der Waals surface area (Å²) in [6.07, 6.45) is 3.51. The van der Waals surface area contributed by atoms with Crippen LogP contribution in [0, 0.1) is 0 Å². The van der Waals surface area contributed by atoms with Crippen molar-refractivity contribution in [2.45, 2.75) is 4.90 Å². The molecule has 0 N–H and O–H groups in total. The number of nitrogens with zero attached hydrogens (tertiary/aromatic N) is 2. The van der Waals surface area contributed by atoms with Crippen molar-refractivity contribution in [1.29, 1.82) is 0 Å². The van der Waals surface area contributed by atoms with Gasteiger partial charge in [0.15, 0.2) is 0 Å². The first-order chi connectivity index (χ1) is 5.81. The van der Waals surface area contributed by atoms with E-state index in [0.29, 0.717) is 10.4 Å². The number of aromatic nitrogens is 2. The molecule has 0 bridgehead atoms. The summed E-state index contributed by atoms with van der Waals surface area (Å²) in [6, 6.07) is 5.53. The lowest BCUT2D eigenvalue weighted by molar-refractivity contribution is 0.332. The van der Waals surface area contributed by atoms with E-state index in [9.17, 15) is 4.48 Å². The second-order valence-corrected chi connectivity index (χ2v) is 3.31. The van der Waals surface area contributed by atoms with Gasteiger partial charge in [0.1, 0.15) is 5.52 Å². The Morgan fingerprint density at radius 1 is 1.50 bits per heavy atom. The monoisotopic (exact) mass is 182 g/mol. The number of halogens is 1. The highest BCUT2D eigenvalue weighted by atomic mass is 32.2. The lowest BCUT2D eigenvalue weighted by Gasteiger charge is -1.94. The molecule has 0 spiro atoms. The minimum Gasteiger partial charge on any atom is -0.150 e. The highest BCUT2D eigenvalue weighted by Crippen LogP contribution is 2.21. The van der Waals surface area contributed by atoms with Crippen molar-refractivity contribution >= 4 is 22.7 Å². The van der Waals surface area contributed by atoms with Gasteiger partial charge in [-0.15, -0.1) is 16.9 Å². The van der Waals surface area contributed by atoms with Crippen molar-refractivity contribution in [2.24, 2.45) is 0 Å². The summed E-state index contributed by atoms with van der Waals surface area (Å²) in [7, 11) is 0. The molecular weight excluding hydrogens is 175 g/mol. The molecule has 4 heteroatoms. The lowest BCUT2D eigenvalue weighted by Crippen LogP contribution is -1.81. The summed E-state index contributed by atoms with van der Waals surface area (Å²) in [5.41, 5.74) is 0.521. The first-order valence-corrected chi connectivity index (χ1v) is 4.71. The average molecular weight is 182 g/mol. The van der Waals surface area contributed by atoms with Crippen LogP contribution in [0.2, 0.25) is 0 Å². The number of hydrogen-bond acceptors (Lipinski definition) is 2. The van der Waals surface area contributed by atoms with Gasteiger partial charge in [0.05, 0.1) is 6.20 Å². The fourth-order valence-corrected chi connectivity index (χ4v) is 1.56. The third-order valence-electron chi connectivity index (χ3n) is 1.73. The van der Waals surface area contributed by atoms with Crippen LogP contribution in [0.25, 0.3) is 10.9 Å². The predicted octanol–water partition coefficient (Wildman–Crippen LogP) is 2.49. The van der Waals surface area contributed by atoms with Gasteiger partial charge in [0, 0.05) is 10.3 Å². The Morgan fingerprint density at radius 3 is 3.08 bits per heavy atom. The van der Waals surface area contributed by atoms with Crippen molar-refractivity contribution in [3.8, 4) is 0 Å². The molecule has 62 valence electrons. The van der Waals surface area contributed by atoms with Gasteiger partial charge < -0.3 is 0 Å². The van der Waals surface area contributed by atoms with Crippen LogP contribution >= 0.6 is 11.8 Å². The van der Waals surface area contributed by atoms with Crippen molar-refractivity contribution < 1.29 is 4.48 Å². The van der Waals surface area contributed by atoms with Crippen LogP contribution in [-0.4, -0.2) is 16.3 Å². The van der Waals surface area contributed by atoms with Crippen LogP contribution in [0.3, 0.4) is 0 Å². The molecular formula is C8H7FN2S. The number of hydrogen-bond donors (Lipinski definition) is 0. The van der Waals surface area contributed by atoms with E-state index in [4.69, 9.17) is 0 Å². The number of rotatable bonds is 1. The maximum Gasteiger partial charge on any atom is 0.104 e. The fraction of sp³-hybridized carbons (Fsp3) is 0.125. The van der Waals surface area contributed by atoms with Crippen LogP contribution in [0.1, 0.15) is 0 Å². The van der Waals surface area contributed by atoms with Crippen molar-refractivity contribution in [2.75, 3.05) is 6.26 Å². The zero-order chi connectivity index (χ0) is 8.55. The molecule has 0 saturated heterocycles. The third kappa shape index (κ3) is 1.08.